The number of aromatic hydroxyl groups is 1. The minimum atomic E-state index is -0.273. The normalized spacial score (nSPS) is 15.2. The van der Waals surface area contributed by atoms with Crippen molar-refractivity contribution in [3.8, 4) is 23.1 Å². The fourth-order valence-electron chi connectivity index (χ4n) is 3.84. The van der Waals surface area contributed by atoms with Gasteiger partial charge in [0.2, 0.25) is 5.88 Å². The largest absolute Gasteiger partial charge is 0.494 e. The quantitative estimate of drug-likeness (QED) is 0.429. The van der Waals surface area contributed by atoms with Gasteiger partial charge in [-0.2, -0.15) is 0 Å². The number of hydrogen-bond acceptors (Lipinski definition) is 5. The maximum absolute atomic E-state index is 11.6. The van der Waals surface area contributed by atoms with E-state index in [2.05, 4.69) is 9.83 Å². The van der Waals surface area contributed by atoms with Gasteiger partial charge in [0.1, 0.15) is 17.2 Å². The first-order valence-electron chi connectivity index (χ1n) is 9.40. The Morgan fingerprint density at radius 2 is 2.00 bits per heavy atom. The second-order valence-electron chi connectivity index (χ2n) is 6.96. The van der Waals surface area contributed by atoms with Crippen LogP contribution in [0.3, 0.4) is 0 Å². The third-order valence-corrected chi connectivity index (χ3v) is 6.19. The highest BCUT2D eigenvalue weighted by atomic mass is 32.1. The number of nitrogens with one attached hydrogen (secondary N) is 1. The Balaban J connectivity index is 1.51. The molecule has 2 heterocycles. The van der Waals surface area contributed by atoms with Gasteiger partial charge in [0, 0.05) is 22.9 Å². The zero-order valence-corrected chi connectivity index (χ0v) is 16.5. The van der Waals surface area contributed by atoms with Gasteiger partial charge in [0.25, 0.3) is 0 Å². The minimum Gasteiger partial charge on any atom is -0.494 e. The van der Waals surface area contributed by atoms with E-state index in [1.165, 1.54) is 0 Å². The predicted octanol–water partition coefficient (Wildman–Crippen LogP) is 5.55. The molecule has 1 aliphatic heterocycles. The van der Waals surface area contributed by atoms with Crippen molar-refractivity contribution in [3.63, 3.8) is 0 Å². The summed E-state index contributed by atoms with van der Waals surface area (Å²) in [5, 5.41) is 11.8. The van der Waals surface area contributed by atoms with Crippen molar-refractivity contribution in [2.24, 2.45) is 0 Å². The number of aromatic amines is 1. The fraction of sp³-hybridized carbons (Fsp3) is 0.130. The van der Waals surface area contributed by atoms with Crippen LogP contribution < -0.4 is 14.3 Å². The Kier molecular flexibility index (Phi) is 4.42. The van der Waals surface area contributed by atoms with Crippen LogP contribution >= 0.6 is 11.3 Å². The van der Waals surface area contributed by atoms with E-state index in [9.17, 15) is 9.90 Å². The average molecular weight is 416 g/mol. The molecule has 6 nitrogen and oxygen atoms in total. The number of ether oxygens (including phenoxy) is 2. The number of rotatable bonds is 3. The Hall–Kier alpha value is -3.76. The summed E-state index contributed by atoms with van der Waals surface area (Å²) in [4.78, 5) is 18.0. The summed E-state index contributed by atoms with van der Waals surface area (Å²) < 4.78 is 12.0. The van der Waals surface area contributed by atoms with E-state index in [0.717, 1.165) is 27.7 Å². The Bertz CT molecular complexity index is 1370. The third-order valence-electron chi connectivity index (χ3n) is 5.21. The van der Waals surface area contributed by atoms with Crippen molar-refractivity contribution in [2.45, 2.75) is 12.3 Å². The first-order valence-corrected chi connectivity index (χ1v) is 10.2. The average Bonchev–Trinajstić information content (AvgIpc) is 3.11. The highest BCUT2D eigenvalue weighted by Crippen LogP contribution is 2.44. The van der Waals surface area contributed by atoms with Crippen molar-refractivity contribution in [1.82, 2.24) is 4.98 Å². The molecule has 4 aromatic rings. The van der Waals surface area contributed by atoms with Gasteiger partial charge >= 0.3 is 4.87 Å². The van der Waals surface area contributed by atoms with Crippen LogP contribution in [0.25, 0.3) is 15.6 Å². The molecule has 2 N–H and O–H groups in total. The lowest BCUT2D eigenvalue weighted by molar-refractivity contribution is 0.275. The monoisotopic (exact) mass is 416 g/mol. The molecule has 1 atom stereocenters. The number of thiazole rings is 1. The molecule has 0 saturated heterocycles. The van der Waals surface area contributed by atoms with E-state index in [1.54, 1.807) is 12.1 Å². The molecule has 148 valence electrons. The summed E-state index contributed by atoms with van der Waals surface area (Å²) >= 11 is 1.02. The first-order chi connectivity index (χ1) is 14.6. The second kappa shape index (κ2) is 7.25. The molecule has 0 spiro atoms. The van der Waals surface area contributed by atoms with Crippen LogP contribution in [0.2, 0.25) is 0 Å². The number of nitrogens with zero attached hydrogens (tertiary/aromatic N) is 1. The van der Waals surface area contributed by atoms with E-state index >= 15 is 0 Å². The minimum absolute atomic E-state index is 0.0745. The van der Waals surface area contributed by atoms with E-state index in [-0.39, 0.29) is 16.7 Å². The second-order valence-corrected chi connectivity index (χ2v) is 7.97. The maximum Gasteiger partial charge on any atom is 0.307 e. The lowest BCUT2D eigenvalue weighted by atomic mass is 9.92. The van der Waals surface area contributed by atoms with Gasteiger partial charge in [-0.05, 0) is 23.9 Å². The maximum atomic E-state index is 11.6. The zero-order chi connectivity index (χ0) is 20.7. The zero-order valence-electron chi connectivity index (χ0n) is 15.7. The van der Waals surface area contributed by atoms with Crippen LogP contribution in [0.15, 0.2) is 59.4 Å². The van der Waals surface area contributed by atoms with Crippen LogP contribution in [0.5, 0.6) is 23.1 Å². The summed E-state index contributed by atoms with van der Waals surface area (Å²) in [6.07, 6.45) is 0.678. The van der Waals surface area contributed by atoms with Gasteiger partial charge in [-0.15, -0.1) is 0 Å². The molecule has 1 aliphatic rings. The summed E-state index contributed by atoms with van der Waals surface area (Å²) in [5.74, 6) is 1.76. The van der Waals surface area contributed by atoms with Crippen LogP contribution in [-0.4, -0.2) is 16.7 Å². The molecular weight excluding hydrogens is 400 g/mol. The molecule has 0 radical (unpaired) electrons. The molecule has 0 fully saturated rings. The molecular formula is C23H16N2O4S. The van der Waals surface area contributed by atoms with Crippen LogP contribution in [0, 0.1) is 6.57 Å². The molecule has 0 bridgehead atoms. The predicted molar refractivity (Wildman–Crippen MR) is 115 cm³/mol. The molecule has 0 amide bonds. The summed E-state index contributed by atoms with van der Waals surface area (Å²) in [7, 11) is 0. The summed E-state index contributed by atoms with van der Waals surface area (Å²) in [6, 6.07) is 16.8. The standard InChI is InChI=1S/C23H16N2O4S/c1-24-18-8-9-19(15-5-3-2-4-14(15)18)29-13-6-7-16-17(10-11-28-20(16)12-13)21-22(26)25-23(27)30-21/h2-9,12,17,26H,10-11H2,(H,25,27)/t17-/m1/s1. The van der Waals surface area contributed by atoms with Crippen LogP contribution in [0.4, 0.5) is 5.69 Å². The Morgan fingerprint density at radius 1 is 1.17 bits per heavy atom. The SMILES string of the molecule is [C-]#[N+]c1ccc(Oc2ccc3c(c2)OCC[C@H]3c2sc(=O)[nH]c2O)c2ccccc12. The first kappa shape index (κ1) is 18.3. The van der Waals surface area contributed by atoms with E-state index in [0.29, 0.717) is 40.8 Å². The number of aromatic nitrogens is 1. The third kappa shape index (κ3) is 3.08. The molecule has 1 aromatic heterocycles. The van der Waals surface area contributed by atoms with E-state index in [4.69, 9.17) is 16.0 Å². The molecule has 30 heavy (non-hydrogen) atoms. The van der Waals surface area contributed by atoms with E-state index < -0.39 is 0 Å². The Morgan fingerprint density at radius 3 is 2.77 bits per heavy atom. The van der Waals surface area contributed by atoms with Crippen LogP contribution in [0.1, 0.15) is 22.8 Å². The van der Waals surface area contributed by atoms with Crippen molar-refractivity contribution < 1.29 is 14.6 Å². The smallest absolute Gasteiger partial charge is 0.307 e. The van der Waals surface area contributed by atoms with Gasteiger partial charge in [0.15, 0.2) is 5.69 Å². The lowest BCUT2D eigenvalue weighted by Gasteiger charge is -2.25. The molecule has 0 aliphatic carbocycles. The summed E-state index contributed by atoms with van der Waals surface area (Å²) in [5.41, 5.74) is 1.49. The number of H-pyrrole nitrogens is 1. The van der Waals surface area contributed by atoms with Gasteiger partial charge < -0.3 is 14.6 Å². The number of hydrogen-bond donors (Lipinski definition) is 2. The van der Waals surface area contributed by atoms with E-state index in [1.807, 2.05) is 42.5 Å². The van der Waals surface area contributed by atoms with Crippen molar-refractivity contribution in [1.29, 1.82) is 0 Å². The van der Waals surface area contributed by atoms with Crippen molar-refractivity contribution >= 4 is 27.8 Å². The van der Waals surface area contributed by atoms with Crippen molar-refractivity contribution in [3.05, 3.63) is 86.1 Å². The van der Waals surface area contributed by atoms with Crippen LogP contribution in [-0.2, 0) is 0 Å². The highest BCUT2D eigenvalue weighted by molar-refractivity contribution is 7.09. The summed E-state index contributed by atoms with van der Waals surface area (Å²) in [6.45, 7) is 7.84. The Labute approximate surface area is 175 Å². The van der Waals surface area contributed by atoms with Gasteiger partial charge in [0.05, 0.1) is 18.1 Å². The topological polar surface area (TPSA) is 75.9 Å². The van der Waals surface area contributed by atoms with Gasteiger partial charge in [-0.1, -0.05) is 47.7 Å². The molecule has 3 aromatic carbocycles. The van der Waals surface area contributed by atoms with Gasteiger partial charge in [-0.25, -0.2) is 4.85 Å². The molecule has 7 heteroatoms. The van der Waals surface area contributed by atoms with Crippen molar-refractivity contribution in [2.75, 3.05) is 6.61 Å². The molecule has 0 saturated carbocycles. The number of benzene rings is 3. The molecule has 5 rings (SSSR count). The highest BCUT2D eigenvalue weighted by Gasteiger charge is 2.28. The fourth-order valence-corrected chi connectivity index (χ4v) is 4.72. The number of fused-ring (bicyclic) bond motifs is 2. The van der Waals surface area contributed by atoms with Gasteiger partial charge in [-0.3, -0.25) is 9.78 Å². The molecule has 0 unspecified atom stereocenters. The lowest BCUT2D eigenvalue weighted by Crippen LogP contribution is -2.14.